The van der Waals surface area contributed by atoms with Crippen LogP contribution in [0.15, 0.2) is 122 Å². The number of hydrogen-bond donors (Lipinski definition) is 2. The summed E-state index contributed by atoms with van der Waals surface area (Å²) in [5, 5.41) is 14.0. The zero-order valence-electron chi connectivity index (χ0n) is 60.3. The largest absolute Gasteiger partial charge is 0.756 e. The Morgan fingerprint density at radius 3 is 1.02 bits per heavy atom. The third-order valence-corrected chi connectivity index (χ3v) is 17.8. The predicted molar refractivity (Wildman–Crippen MR) is 399 cm³/mol. The number of aliphatic hydroxyl groups excluding tert-OH is 1. The van der Waals surface area contributed by atoms with E-state index in [4.69, 9.17) is 9.05 Å². The number of quaternary nitrogens is 1. The fraction of sp³-hybridized carbons (Fsp3) is 0.744. The van der Waals surface area contributed by atoms with Crippen molar-refractivity contribution in [3.63, 3.8) is 0 Å². The molecule has 0 aliphatic carbocycles. The molecule has 1 amide bonds. The van der Waals surface area contributed by atoms with Crippen molar-refractivity contribution in [1.82, 2.24) is 5.32 Å². The molecule has 0 aliphatic heterocycles. The van der Waals surface area contributed by atoms with Gasteiger partial charge in [0.15, 0.2) is 0 Å². The number of phosphoric ester groups is 1. The Morgan fingerprint density at radius 1 is 0.396 bits per heavy atom. The number of carbonyl (C=O) groups excluding carboxylic acids is 1. The van der Waals surface area contributed by atoms with Crippen LogP contribution in [0.25, 0.3) is 0 Å². The average Bonchev–Trinajstić information content (AvgIpc) is 3.42. The van der Waals surface area contributed by atoms with E-state index in [1.54, 1.807) is 6.08 Å². The van der Waals surface area contributed by atoms with Gasteiger partial charge in [-0.25, -0.2) is 0 Å². The van der Waals surface area contributed by atoms with Crippen molar-refractivity contribution in [3.8, 4) is 0 Å². The quantitative estimate of drug-likeness (QED) is 0.0272. The first-order chi connectivity index (χ1) is 44.5. The Kier molecular flexibility index (Phi) is 68.8. The molecular weight excluding hydrogens is 1140 g/mol. The van der Waals surface area contributed by atoms with E-state index in [0.29, 0.717) is 17.4 Å². The van der Waals surface area contributed by atoms with Crippen LogP contribution in [0.1, 0.15) is 341 Å². The van der Waals surface area contributed by atoms with E-state index in [1.807, 2.05) is 27.2 Å². The zero-order valence-corrected chi connectivity index (χ0v) is 61.2. The number of unbranched alkanes of at least 4 members (excludes halogenated alkanes) is 39. The molecule has 526 valence electrons. The van der Waals surface area contributed by atoms with Gasteiger partial charge in [0.25, 0.3) is 7.82 Å². The van der Waals surface area contributed by atoms with Gasteiger partial charge in [0.05, 0.1) is 39.9 Å². The SMILES string of the molecule is CC/C=C\C/C=C\C/C=C\C/C=C\C/C=C\C/C=C\C/C=C\CCCCCCCCCCCCCCCCCC(=O)NC(COP(=O)([O-])OCC[N+](C)(C)C)C(O)/C=C/CC/C=C/CC/C=C/CCCCCCCCCCCCCCCCCCCCCCCC. The molecule has 0 aromatic rings. The van der Waals surface area contributed by atoms with Gasteiger partial charge in [-0.2, -0.15) is 0 Å². The van der Waals surface area contributed by atoms with Crippen molar-refractivity contribution in [2.75, 3.05) is 40.9 Å². The summed E-state index contributed by atoms with van der Waals surface area (Å²) in [6.07, 6.45) is 106. The van der Waals surface area contributed by atoms with Crippen molar-refractivity contribution in [1.29, 1.82) is 0 Å². The molecule has 0 aromatic carbocycles. The van der Waals surface area contributed by atoms with Crippen LogP contribution >= 0.6 is 7.82 Å². The second-order valence-corrected chi connectivity index (χ2v) is 28.4. The Hall–Kier alpha value is -3.10. The Morgan fingerprint density at radius 2 is 0.681 bits per heavy atom. The lowest BCUT2D eigenvalue weighted by atomic mass is 10.0. The highest BCUT2D eigenvalue weighted by Crippen LogP contribution is 2.38. The van der Waals surface area contributed by atoms with E-state index >= 15 is 0 Å². The lowest BCUT2D eigenvalue weighted by molar-refractivity contribution is -0.870. The molecule has 0 aliphatic rings. The van der Waals surface area contributed by atoms with Crippen molar-refractivity contribution in [2.24, 2.45) is 0 Å². The maximum atomic E-state index is 13.1. The first-order valence-electron chi connectivity index (χ1n) is 38.4. The minimum absolute atomic E-state index is 0.0130. The number of aliphatic hydroxyl groups is 1. The fourth-order valence-corrected chi connectivity index (χ4v) is 11.7. The van der Waals surface area contributed by atoms with Crippen molar-refractivity contribution in [2.45, 2.75) is 353 Å². The number of amides is 1. The molecule has 0 aromatic heterocycles. The summed E-state index contributed by atoms with van der Waals surface area (Å²) in [6.45, 7) is 4.54. The molecule has 0 saturated heterocycles. The van der Waals surface area contributed by atoms with Gasteiger partial charge in [-0.05, 0) is 103 Å². The molecule has 0 heterocycles. The van der Waals surface area contributed by atoms with Crippen LogP contribution in [0.5, 0.6) is 0 Å². The summed E-state index contributed by atoms with van der Waals surface area (Å²) < 4.78 is 23.5. The fourth-order valence-electron chi connectivity index (χ4n) is 11.0. The molecule has 0 radical (unpaired) electrons. The molecule has 0 bridgehead atoms. The van der Waals surface area contributed by atoms with Crippen LogP contribution in [0.2, 0.25) is 0 Å². The van der Waals surface area contributed by atoms with Gasteiger partial charge in [0.1, 0.15) is 13.2 Å². The second-order valence-electron chi connectivity index (χ2n) is 27.0. The lowest BCUT2D eigenvalue weighted by Crippen LogP contribution is -2.45. The number of likely N-dealkylation sites (N-methyl/N-ethyl adjacent to an activating group) is 1. The van der Waals surface area contributed by atoms with E-state index in [1.165, 1.54) is 231 Å². The maximum Gasteiger partial charge on any atom is 0.268 e. The van der Waals surface area contributed by atoms with Crippen LogP contribution in [0.4, 0.5) is 0 Å². The van der Waals surface area contributed by atoms with E-state index in [2.05, 4.69) is 129 Å². The summed E-state index contributed by atoms with van der Waals surface area (Å²) in [6, 6.07) is -0.919. The molecule has 0 saturated carbocycles. The molecular formula is C82H147N2O6P. The van der Waals surface area contributed by atoms with Crippen LogP contribution in [-0.2, 0) is 18.4 Å². The molecule has 3 atom stereocenters. The minimum atomic E-state index is -4.63. The first-order valence-corrected chi connectivity index (χ1v) is 39.9. The number of carbonyl (C=O) groups is 1. The second kappa shape index (κ2) is 71.2. The van der Waals surface area contributed by atoms with Crippen LogP contribution < -0.4 is 10.2 Å². The van der Waals surface area contributed by atoms with Crippen LogP contribution in [0.3, 0.4) is 0 Å². The predicted octanol–water partition coefficient (Wildman–Crippen LogP) is 24.5. The molecule has 3 unspecified atom stereocenters. The molecule has 91 heavy (non-hydrogen) atoms. The summed E-state index contributed by atoms with van der Waals surface area (Å²) >= 11 is 0. The van der Waals surface area contributed by atoms with Gasteiger partial charge in [-0.15, -0.1) is 0 Å². The number of nitrogens with one attached hydrogen (secondary N) is 1. The Bertz CT molecular complexity index is 1900. The lowest BCUT2D eigenvalue weighted by Gasteiger charge is -2.29. The zero-order chi connectivity index (χ0) is 66.2. The van der Waals surface area contributed by atoms with Gasteiger partial charge in [-0.1, -0.05) is 354 Å². The van der Waals surface area contributed by atoms with Crippen LogP contribution in [-0.4, -0.2) is 68.5 Å². The molecule has 0 fully saturated rings. The summed E-state index contributed by atoms with van der Waals surface area (Å²) in [5.41, 5.74) is 0. The van der Waals surface area contributed by atoms with Crippen molar-refractivity contribution >= 4 is 13.7 Å². The standard InChI is InChI=1S/C82H147N2O6P/c1-6-8-10-12-14-16-18-20-22-24-26-28-30-32-34-36-38-40-41-42-43-44-46-48-50-52-54-56-58-60-62-64-66-68-70-72-74-76-82(86)83-80(79-90-91(87,88)89-78-77-84(3,4)5)81(85)75-73-71-69-67-65-63-61-59-57-55-53-51-49-47-45-39-37-35-33-31-29-27-25-23-21-19-17-15-13-11-9-7-2/h8,10,14,16,20,22,26,28,32,34,38,40,42-43,57,59,65,67,73,75,80-81,85H,6-7,9,11-13,15,17-19,21,23-25,27,29-31,33,35-37,39,41,44-56,58,60-64,66,68-72,74,76-79H2,1-5H3,(H-,83,86,87,88)/b10-8-,16-14-,22-20-,28-26-,34-32-,40-38-,43-42-,59-57+,67-65+,75-73+. The highest BCUT2D eigenvalue weighted by Gasteiger charge is 2.23. The topological polar surface area (TPSA) is 108 Å². The number of nitrogens with zero attached hydrogens (tertiary/aromatic N) is 1. The van der Waals surface area contributed by atoms with Gasteiger partial charge >= 0.3 is 0 Å². The van der Waals surface area contributed by atoms with Gasteiger partial charge in [-0.3, -0.25) is 9.36 Å². The van der Waals surface area contributed by atoms with E-state index < -0.39 is 26.6 Å². The van der Waals surface area contributed by atoms with Gasteiger partial charge < -0.3 is 28.8 Å². The summed E-state index contributed by atoms with van der Waals surface area (Å²) in [4.78, 5) is 25.7. The van der Waals surface area contributed by atoms with Gasteiger partial charge in [0.2, 0.25) is 5.91 Å². The highest BCUT2D eigenvalue weighted by atomic mass is 31.2. The van der Waals surface area contributed by atoms with Crippen molar-refractivity contribution in [3.05, 3.63) is 122 Å². The number of allylic oxidation sites excluding steroid dienone is 19. The van der Waals surface area contributed by atoms with E-state index in [-0.39, 0.29) is 12.5 Å². The Labute approximate surface area is 564 Å². The number of phosphoric acid groups is 1. The van der Waals surface area contributed by atoms with Crippen LogP contribution in [0, 0.1) is 0 Å². The Balaban J connectivity index is 4.09. The first kappa shape index (κ1) is 87.9. The molecule has 9 heteroatoms. The third-order valence-electron chi connectivity index (χ3n) is 16.9. The highest BCUT2D eigenvalue weighted by molar-refractivity contribution is 7.45. The summed E-state index contributed by atoms with van der Waals surface area (Å²) in [5.74, 6) is -0.212. The van der Waals surface area contributed by atoms with E-state index in [9.17, 15) is 19.4 Å². The minimum Gasteiger partial charge on any atom is -0.756 e. The monoisotopic (exact) mass is 1290 g/mol. The average molecular weight is 1290 g/mol. The normalized spacial score (nSPS) is 14.2. The smallest absolute Gasteiger partial charge is 0.268 e. The van der Waals surface area contributed by atoms with Gasteiger partial charge in [0, 0.05) is 6.42 Å². The van der Waals surface area contributed by atoms with Crippen molar-refractivity contribution < 1.29 is 32.9 Å². The van der Waals surface area contributed by atoms with E-state index in [0.717, 1.165) is 89.9 Å². The summed E-state index contributed by atoms with van der Waals surface area (Å²) in [7, 11) is 1.23. The molecule has 0 spiro atoms. The third kappa shape index (κ3) is 74.2. The number of rotatable bonds is 70. The maximum absolute atomic E-state index is 13.1. The molecule has 2 N–H and O–H groups in total. The number of hydrogen-bond acceptors (Lipinski definition) is 6. The molecule has 0 rings (SSSR count). The molecule has 8 nitrogen and oxygen atoms in total.